The summed E-state index contributed by atoms with van der Waals surface area (Å²) in [5.74, 6) is 0.0525. The summed E-state index contributed by atoms with van der Waals surface area (Å²) >= 11 is 3.35. The van der Waals surface area contributed by atoms with Crippen LogP contribution >= 0.6 is 22.7 Å². The first kappa shape index (κ1) is 18.4. The molecule has 0 aliphatic heterocycles. The van der Waals surface area contributed by atoms with Gasteiger partial charge in [-0.1, -0.05) is 49.2 Å². The minimum absolute atomic E-state index is 0.0525. The molecule has 0 bridgehead atoms. The normalized spacial score (nSPS) is 16.9. The molecule has 4 rings (SSSR count). The summed E-state index contributed by atoms with van der Waals surface area (Å²) in [4.78, 5) is 15.4. The summed E-state index contributed by atoms with van der Waals surface area (Å²) in [5.41, 5.74) is 1.57. The zero-order chi connectivity index (χ0) is 18.7. The lowest BCUT2D eigenvalue weighted by Gasteiger charge is -2.27. The highest BCUT2D eigenvalue weighted by atomic mass is 32.1. The molecule has 2 heterocycles. The van der Waals surface area contributed by atoms with E-state index in [-0.39, 0.29) is 12.5 Å². The summed E-state index contributed by atoms with van der Waals surface area (Å²) in [5, 5.41) is 17.6. The molecule has 1 saturated carbocycles. The maximum absolute atomic E-state index is 13.0. The fourth-order valence-corrected chi connectivity index (χ4v) is 5.62. The number of aliphatic hydroxyl groups is 1. The molecule has 3 nitrogen and oxygen atoms in total. The third-order valence-electron chi connectivity index (χ3n) is 5.44. The lowest BCUT2D eigenvalue weighted by molar-refractivity contribution is -0.127. The van der Waals surface area contributed by atoms with Crippen molar-refractivity contribution in [1.82, 2.24) is 5.32 Å². The van der Waals surface area contributed by atoms with Crippen molar-refractivity contribution in [1.29, 1.82) is 0 Å². The van der Waals surface area contributed by atoms with E-state index >= 15 is 0 Å². The second-order valence-electron chi connectivity index (χ2n) is 7.09. The van der Waals surface area contributed by atoms with Crippen molar-refractivity contribution in [3.63, 3.8) is 0 Å². The average Bonchev–Trinajstić information content (AvgIpc) is 3.47. The van der Waals surface area contributed by atoms with Crippen molar-refractivity contribution in [3.8, 4) is 10.4 Å². The maximum Gasteiger partial charge on any atom is 0.231 e. The van der Waals surface area contributed by atoms with Crippen LogP contribution in [-0.2, 0) is 10.2 Å². The molecule has 1 aliphatic rings. The van der Waals surface area contributed by atoms with Crippen molar-refractivity contribution < 1.29 is 9.90 Å². The fraction of sp³-hybridized carbons (Fsp3) is 0.318. The van der Waals surface area contributed by atoms with Crippen molar-refractivity contribution >= 4 is 28.6 Å². The Bertz CT molecular complexity index is 864. The highest BCUT2D eigenvalue weighted by Crippen LogP contribution is 2.43. The van der Waals surface area contributed by atoms with E-state index in [4.69, 9.17) is 0 Å². The third-order valence-corrected chi connectivity index (χ3v) is 7.43. The molecule has 1 amide bonds. The average molecular weight is 398 g/mol. The third kappa shape index (κ3) is 3.72. The van der Waals surface area contributed by atoms with E-state index < -0.39 is 11.5 Å². The molecule has 27 heavy (non-hydrogen) atoms. The van der Waals surface area contributed by atoms with Crippen LogP contribution < -0.4 is 5.32 Å². The van der Waals surface area contributed by atoms with Crippen LogP contribution in [0.15, 0.2) is 59.3 Å². The monoisotopic (exact) mass is 397 g/mol. The Hall–Kier alpha value is -1.95. The molecule has 1 aromatic carbocycles. The standard InChI is InChI=1S/C22H23NO2S2/c24-18(16-7-9-17(10-8-16)19-5-3-13-26-19)15-23-21(25)22(11-1-2-12-22)20-6-4-14-27-20/h3-10,13-14,18,24H,1-2,11-12,15H2,(H,23,25). The fourth-order valence-electron chi connectivity index (χ4n) is 3.90. The number of hydrogen-bond donors (Lipinski definition) is 2. The van der Waals surface area contributed by atoms with Crippen LogP contribution in [0.1, 0.15) is 42.2 Å². The van der Waals surface area contributed by atoms with E-state index in [1.54, 1.807) is 22.7 Å². The molecule has 2 aromatic heterocycles. The summed E-state index contributed by atoms with van der Waals surface area (Å²) in [6.07, 6.45) is 3.25. The highest BCUT2D eigenvalue weighted by molar-refractivity contribution is 7.13. The smallest absolute Gasteiger partial charge is 0.231 e. The molecule has 140 valence electrons. The second kappa shape index (κ2) is 7.97. The predicted octanol–water partition coefficient (Wildman–Crippen LogP) is 5.14. The van der Waals surface area contributed by atoms with Crippen molar-refractivity contribution in [2.75, 3.05) is 6.54 Å². The van der Waals surface area contributed by atoms with Gasteiger partial charge in [0.15, 0.2) is 0 Å². The largest absolute Gasteiger partial charge is 0.387 e. The topological polar surface area (TPSA) is 49.3 Å². The number of aliphatic hydroxyl groups excluding tert-OH is 1. The summed E-state index contributed by atoms with van der Waals surface area (Å²) in [6, 6.07) is 16.1. The van der Waals surface area contributed by atoms with Gasteiger partial charge in [0.1, 0.15) is 0 Å². The summed E-state index contributed by atoms with van der Waals surface area (Å²) < 4.78 is 0. The molecule has 1 atom stereocenters. The van der Waals surface area contributed by atoms with E-state index in [0.29, 0.717) is 0 Å². The zero-order valence-electron chi connectivity index (χ0n) is 15.1. The van der Waals surface area contributed by atoms with E-state index in [1.165, 1.54) is 4.88 Å². The van der Waals surface area contributed by atoms with Gasteiger partial charge in [-0.05, 0) is 46.9 Å². The van der Waals surface area contributed by atoms with Gasteiger partial charge in [-0.25, -0.2) is 0 Å². The van der Waals surface area contributed by atoms with Crippen molar-refractivity contribution in [2.24, 2.45) is 0 Å². The van der Waals surface area contributed by atoms with Gasteiger partial charge in [-0.15, -0.1) is 22.7 Å². The minimum Gasteiger partial charge on any atom is -0.387 e. The van der Waals surface area contributed by atoms with Crippen LogP contribution in [0.2, 0.25) is 0 Å². The van der Waals surface area contributed by atoms with Gasteiger partial charge in [0.25, 0.3) is 0 Å². The van der Waals surface area contributed by atoms with E-state index in [0.717, 1.165) is 41.7 Å². The molecule has 1 fully saturated rings. The molecular formula is C22H23NO2S2. The van der Waals surface area contributed by atoms with Crippen LogP contribution in [0.3, 0.4) is 0 Å². The first-order valence-electron chi connectivity index (χ1n) is 9.33. The highest BCUT2D eigenvalue weighted by Gasteiger charge is 2.43. The van der Waals surface area contributed by atoms with E-state index in [1.807, 2.05) is 41.8 Å². The molecule has 1 aliphatic carbocycles. The van der Waals surface area contributed by atoms with Gasteiger partial charge in [0, 0.05) is 16.3 Å². The molecule has 0 radical (unpaired) electrons. The van der Waals surface area contributed by atoms with Gasteiger partial charge < -0.3 is 10.4 Å². The number of carbonyl (C=O) groups is 1. The van der Waals surface area contributed by atoms with Crippen LogP contribution in [0.4, 0.5) is 0 Å². The van der Waals surface area contributed by atoms with Crippen molar-refractivity contribution in [2.45, 2.75) is 37.2 Å². The number of nitrogens with one attached hydrogen (secondary N) is 1. The Morgan fingerprint density at radius 3 is 2.37 bits per heavy atom. The van der Waals surface area contributed by atoms with Gasteiger partial charge in [0.2, 0.25) is 5.91 Å². The summed E-state index contributed by atoms with van der Waals surface area (Å²) in [6.45, 7) is 0.240. The van der Waals surface area contributed by atoms with Crippen LogP contribution in [0.5, 0.6) is 0 Å². The number of benzene rings is 1. The quantitative estimate of drug-likeness (QED) is 0.605. The Labute approximate surface area is 167 Å². The minimum atomic E-state index is -0.701. The van der Waals surface area contributed by atoms with Gasteiger partial charge in [-0.3, -0.25) is 4.79 Å². The summed E-state index contributed by atoms with van der Waals surface area (Å²) in [7, 11) is 0. The second-order valence-corrected chi connectivity index (χ2v) is 8.99. The maximum atomic E-state index is 13.0. The molecule has 1 unspecified atom stereocenters. The van der Waals surface area contributed by atoms with Crippen LogP contribution in [-0.4, -0.2) is 17.6 Å². The van der Waals surface area contributed by atoms with Crippen LogP contribution in [0.25, 0.3) is 10.4 Å². The lowest BCUT2D eigenvalue weighted by Crippen LogP contribution is -2.43. The van der Waals surface area contributed by atoms with Gasteiger partial charge in [-0.2, -0.15) is 0 Å². The molecule has 0 spiro atoms. The SMILES string of the molecule is O=C(NCC(O)c1ccc(-c2cccs2)cc1)C1(c2cccs2)CCCC1. The number of carbonyl (C=O) groups excluding carboxylic acids is 1. The Balaban J connectivity index is 1.41. The number of rotatable bonds is 6. The molecule has 2 N–H and O–H groups in total. The molecular weight excluding hydrogens is 374 g/mol. The predicted molar refractivity (Wildman–Crippen MR) is 112 cm³/mol. The zero-order valence-corrected chi connectivity index (χ0v) is 16.7. The number of thiophene rings is 2. The Morgan fingerprint density at radius 1 is 1.04 bits per heavy atom. The number of amides is 1. The van der Waals surface area contributed by atoms with Gasteiger partial charge >= 0.3 is 0 Å². The Kier molecular flexibility index (Phi) is 5.43. The molecule has 3 aromatic rings. The molecule has 0 saturated heterocycles. The van der Waals surface area contributed by atoms with E-state index in [9.17, 15) is 9.90 Å². The Morgan fingerprint density at radius 2 is 1.74 bits per heavy atom. The first-order chi connectivity index (χ1) is 13.2. The van der Waals surface area contributed by atoms with Gasteiger partial charge in [0.05, 0.1) is 11.5 Å². The molecule has 5 heteroatoms. The number of hydrogen-bond acceptors (Lipinski definition) is 4. The first-order valence-corrected chi connectivity index (χ1v) is 11.1. The van der Waals surface area contributed by atoms with Crippen molar-refractivity contribution in [3.05, 3.63) is 69.7 Å². The van der Waals surface area contributed by atoms with E-state index in [2.05, 4.69) is 22.8 Å². The van der Waals surface area contributed by atoms with Crippen LogP contribution in [0, 0.1) is 0 Å². The lowest BCUT2D eigenvalue weighted by atomic mass is 9.83.